The summed E-state index contributed by atoms with van der Waals surface area (Å²) in [4.78, 5) is 15.0. The van der Waals surface area contributed by atoms with Crippen LogP contribution in [0.2, 0.25) is 5.02 Å². The predicted octanol–water partition coefficient (Wildman–Crippen LogP) is 2.39. The molecule has 0 aliphatic carbocycles. The van der Waals surface area contributed by atoms with E-state index >= 15 is 0 Å². The van der Waals surface area contributed by atoms with E-state index < -0.39 is 0 Å². The van der Waals surface area contributed by atoms with E-state index in [0.717, 1.165) is 30.8 Å². The Labute approximate surface area is 152 Å². The van der Waals surface area contributed by atoms with E-state index in [9.17, 15) is 4.79 Å². The number of benzene rings is 1. The third-order valence-corrected chi connectivity index (χ3v) is 5.13. The fourth-order valence-electron chi connectivity index (χ4n) is 3.70. The lowest BCUT2D eigenvalue weighted by Crippen LogP contribution is -2.37. The molecular formula is C17H20Cl2N4O. The molecule has 0 unspecified atom stereocenters. The van der Waals surface area contributed by atoms with Gasteiger partial charge in [0.25, 0.3) is 0 Å². The fraction of sp³-hybridized carbons (Fsp3) is 0.412. The second-order valence-electron chi connectivity index (χ2n) is 6.33. The van der Waals surface area contributed by atoms with Crippen LogP contribution in [0.5, 0.6) is 0 Å². The highest BCUT2D eigenvalue weighted by molar-refractivity contribution is 6.31. The number of carbonyl (C=O) groups is 1. The fourth-order valence-corrected chi connectivity index (χ4v) is 3.87. The summed E-state index contributed by atoms with van der Waals surface area (Å²) in [5, 5.41) is 8.28. The van der Waals surface area contributed by atoms with Crippen molar-refractivity contribution in [3.05, 3.63) is 46.7 Å². The first-order chi connectivity index (χ1) is 11.1. The van der Waals surface area contributed by atoms with Crippen LogP contribution in [0.1, 0.15) is 17.0 Å². The van der Waals surface area contributed by atoms with Crippen molar-refractivity contribution in [2.24, 2.45) is 13.0 Å². The van der Waals surface area contributed by atoms with E-state index in [1.165, 1.54) is 5.56 Å². The summed E-state index contributed by atoms with van der Waals surface area (Å²) in [7, 11) is 1.90. The third-order valence-electron chi connectivity index (χ3n) is 4.89. The Hall–Kier alpha value is -1.56. The molecule has 1 amide bonds. The standard InChI is InChI=1S/C17H19ClN4O.ClH/c1-21-10-12(7-20-21)14-8-19-9-15(14)17(23)22-5-4-11-2-3-13(18)6-16(11)22;/h2-3,6-7,10,14-15,19H,4-5,8-9H2,1H3;1H/t14-,15+;/m1./s1. The third kappa shape index (κ3) is 2.92. The maximum absolute atomic E-state index is 13.1. The minimum Gasteiger partial charge on any atom is -0.315 e. The van der Waals surface area contributed by atoms with Crippen molar-refractivity contribution in [1.82, 2.24) is 15.1 Å². The molecule has 2 aliphatic rings. The van der Waals surface area contributed by atoms with Gasteiger partial charge in [0.2, 0.25) is 5.91 Å². The van der Waals surface area contributed by atoms with Gasteiger partial charge in [0.1, 0.15) is 0 Å². The minimum atomic E-state index is -0.0517. The van der Waals surface area contributed by atoms with Crippen molar-refractivity contribution in [1.29, 1.82) is 0 Å². The first kappa shape index (κ1) is 17.3. The van der Waals surface area contributed by atoms with Crippen molar-refractivity contribution in [2.75, 3.05) is 24.5 Å². The number of hydrogen-bond donors (Lipinski definition) is 1. The molecule has 2 atom stereocenters. The summed E-state index contributed by atoms with van der Waals surface area (Å²) in [5.74, 6) is 0.313. The Morgan fingerprint density at radius 2 is 2.21 bits per heavy atom. The normalized spacial score (nSPS) is 22.3. The number of hydrogen-bond acceptors (Lipinski definition) is 3. The number of fused-ring (bicyclic) bond motifs is 1. The average Bonchev–Trinajstić information content (AvgIpc) is 3.24. The Kier molecular flexibility index (Phi) is 4.85. The highest BCUT2D eigenvalue weighted by Crippen LogP contribution is 2.35. The molecule has 1 fully saturated rings. The number of aryl methyl sites for hydroxylation is 1. The van der Waals surface area contributed by atoms with Gasteiger partial charge in [0, 0.05) is 49.5 Å². The number of nitrogens with one attached hydrogen (secondary N) is 1. The molecule has 128 valence electrons. The number of aromatic nitrogens is 2. The molecule has 1 aromatic carbocycles. The summed E-state index contributed by atoms with van der Waals surface area (Å²) in [6.45, 7) is 2.27. The van der Waals surface area contributed by atoms with E-state index in [0.29, 0.717) is 11.6 Å². The lowest BCUT2D eigenvalue weighted by atomic mass is 9.90. The maximum atomic E-state index is 13.1. The smallest absolute Gasteiger partial charge is 0.232 e. The van der Waals surface area contributed by atoms with Gasteiger partial charge in [-0.15, -0.1) is 12.4 Å². The van der Waals surface area contributed by atoms with Crippen molar-refractivity contribution in [3.8, 4) is 0 Å². The van der Waals surface area contributed by atoms with Crippen LogP contribution in [-0.4, -0.2) is 35.3 Å². The molecule has 7 heteroatoms. The molecular weight excluding hydrogens is 347 g/mol. The summed E-state index contributed by atoms with van der Waals surface area (Å²) in [6.07, 6.45) is 4.77. The summed E-state index contributed by atoms with van der Waals surface area (Å²) in [5.41, 5.74) is 3.30. The van der Waals surface area contributed by atoms with Crippen LogP contribution in [-0.2, 0) is 18.3 Å². The van der Waals surface area contributed by atoms with E-state index in [-0.39, 0.29) is 30.2 Å². The molecule has 1 saturated heterocycles. The predicted molar refractivity (Wildman–Crippen MR) is 97.1 cm³/mol. The van der Waals surface area contributed by atoms with Crippen LogP contribution in [0.3, 0.4) is 0 Å². The number of carbonyl (C=O) groups excluding carboxylic acids is 1. The molecule has 0 saturated carbocycles. The summed E-state index contributed by atoms with van der Waals surface area (Å²) in [6, 6.07) is 5.82. The van der Waals surface area contributed by atoms with E-state index in [1.54, 1.807) is 4.68 Å². The van der Waals surface area contributed by atoms with Crippen molar-refractivity contribution >= 4 is 35.6 Å². The molecule has 5 nitrogen and oxygen atoms in total. The number of nitrogens with zero attached hydrogens (tertiary/aromatic N) is 3. The molecule has 2 aliphatic heterocycles. The molecule has 4 rings (SSSR count). The van der Waals surface area contributed by atoms with Gasteiger partial charge in [-0.2, -0.15) is 5.10 Å². The Bertz CT molecular complexity index is 761. The van der Waals surface area contributed by atoms with Crippen LogP contribution in [0, 0.1) is 5.92 Å². The van der Waals surface area contributed by atoms with Crippen molar-refractivity contribution in [3.63, 3.8) is 0 Å². The van der Waals surface area contributed by atoms with E-state index in [1.807, 2.05) is 42.5 Å². The van der Waals surface area contributed by atoms with Crippen LogP contribution in [0.15, 0.2) is 30.6 Å². The largest absolute Gasteiger partial charge is 0.315 e. The zero-order valence-electron chi connectivity index (χ0n) is 13.4. The highest BCUT2D eigenvalue weighted by atomic mass is 35.5. The number of anilines is 1. The first-order valence-corrected chi connectivity index (χ1v) is 8.30. The van der Waals surface area contributed by atoms with Gasteiger partial charge in [0.15, 0.2) is 0 Å². The minimum absolute atomic E-state index is 0. The molecule has 1 N–H and O–H groups in total. The van der Waals surface area contributed by atoms with Crippen LogP contribution >= 0.6 is 24.0 Å². The lowest BCUT2D eigenvalue weighted by molar-refractivity contribution is -0.122. The Morgan fingerprint density at radius 3 is 2.96 bits per heavy atom. The van der Waals surface area contributed by atoms with E-state index in [4.69, 9.17) is 11.6 Å². The van der Waals surface area contributed by atoms with Gasteiger partial charge in [-0.05, 0) is 29.7 Å². The van der Waals surface area contributed by atoms with Gasteiger partial charge in [-0.3, -0.25) is 9.48 Å². The van der Waals surface area contributed by atoms with Gasteiger partial charge in [-0.1, -0.05) is 17.7 Å². The zero-order valence-corrected chi connectivity index (χ0v) is 15.0. The molecule has 24 heavy (non-hydrogen) atoms. The van der Waals surface area contributed by atoms with Gasteiger partial charge < -0.3 is 10.2 Å². The molecule has 0 radical (unpaired) electrons. The first-order valence-electron chi connectivity index (χ1n) is 7.92. The van der Waals surface area contributed by atoms with Gasteiger partial charge in [0.05, 0.1) is 12.1 Å². The Balaban J connectivity index is 0.00000169. The van der Waals surface area contributed by atoms with E-state index in [2.05, 4.69) is 10.4 Å². The number of amides is 1. The van der Waals surface area contributed by atoms with Gasteiger partial charge >= 0.3 is 0 Å². The van der Waals surface area contributed by atoms with Crippen LogP contribution < -0.4 is 10.2 Å². The lowest BCUT2D eigenvalue weighted by Gasteiger charge is -2.24. The summed E-state index contributed by atoms with van der Waals surface area (Å²) >= 11 is 6.12. The second kappa shape index (κ2) is 6.75. The van der Waals surface area contributed by atoms with Crippen molar-refractivity contribution < 1.29 is 4.79 Å². The highest BCUT2D eigenvalue weighted by Gasteiger charge is 2.39. The maximum Gasteiger partial charge on any atom is 0.232 e. The van der Waals surface area contributed by atoms with Crippen LogP contribution in [0.25, 0.3) is 0 Å². The zero-order chi connectivity index (χ0) is 16.0. The SMILES string of the molecule is Cl.Cn1cc([C@H]2CNC[C@@H]2C(=O)N2CCc3ccc(Cl)cc32)cn1. The summed E-state index contributed by atoms with van der Waals surface area (Å²) < 4.78 is 1.79. The van der Waals surface area contributed by atoms with Gasteiger partial charge in [-0.25, -0.2) is 0 Å². The Morgan fingerprint density at radius 1 is 1.38 bits per heavy atom. The molecule has 1 aromatic heterocycles. The molecule has 0 bridgehead atoms. The molecule has 3 heterocycles. The van der Waals surface area contributed by atoms with Crippen LogP contribution in [0.4, 0.5) is 5.69 Å². The monoisotopic (exact) mass is 366 g/mol. The molecule has 0 spiro atoms. The van der Waals surface area contributed by atoms with Crippen molar-refractivity contribution in [2.45, 2.75) is 12.3 Å². The average molecular weight is 367 g/mol. The number of halogens is 2. The number of rotatable bonds is 2. The topological polar surface area (TPSA) is 50.2 Å². The second-order valence-corrected chi connectivity index (χ2v) is 6.77. The molecule has 2 aromatic rings. The quantitative estimate of drug-likeness (QED) is 0.887.